The number of esters is 1. The number of rotatable bonds is 16. The van der Waals surface area contributed by atoms with Crippen LogP contribution >= 0.6 is 0 Å². The zero-order valence-corrected chi connectivity index (χ0v) is 32.1. The lowest BCUT2D eigenvalue weighted by atomic mass is 9.96. The second-order valence-corrected chi connectivity index (χ2v) is 13.5. The molecule has 0 spiro atoms. The Balaban J connectivity index is 1.45. The average Bonchev–Trinajstić information content (AvgIpc) is 3.16. The summed E-state index contributed by atoms with van der Waals surface area (Å²) in [4.78, 5) is 12.6. The molecule has 2 aromatic rings. The Bertz CT molecular complexity index is 1370. The second kappa shape index (κ2) is 19.8. The van der Waals surface area contributed by atoms with Gasteiger partial charge >= 0.3 is 5.97 Å². The Hall–Kier alpha value is -2.57. The van der Waals surface area contributed by atoms with Crippen molar-refractivity contribution >= 4 is 5.97 Å². The summed E-state index contributed by atoms with van der Waals surface area (Å²) in [6, 6.07) is 19.5. The highest BCUT2D eigenvalue weighted by atomic mass is 16.8. The molecule has 53 heavy (non-hydrogen) atoms. The van der Waals surface area contributed by atoms with Gasteiger partial charge in [-0.05, 0) is 31.9 Å². The van der Waals surface area contributed by atoms with Gasteiger partial charge in [-0.25, -0.2) is 0 Å². The van der Waals surface area contributed by atoms with Crippen LogP contribution in [-0.2, 0) is 79.6 Å². The molecule has 0 amide bonds. The molecular weight excluding hydrogens is 692 g/mol. The van der Waals surface area contributed by atoms with Crippen LogP contribution in [0.2, 0.25) is 0 Å². The van der Waals surface area contributed by atoms with Crippen molar-refractivity contribution in [2.24, 2.45) is 0 Å². The minimum absolute atomic E-state index is 0.294. The number of carbonyl (C=O) groups is 1. The van der Waals surface area contributed by atoms with E-state index >= 15 is 0 Å². The summed E-state index contributed by atoms with van der Waals surface area (Å²) >= 11 is 0. The third-order valence-electron chi connectivity index (χ3n) is 9.96. The lowest BCUT2D eigenvalue weighted by molar-refractivity contribution is -0.389. The van der Waals surface area contributed by atoms with Gasteiger partial charge in [-0.2, -0.15) is 0 Å². The van der Waals surface area contributed by atoms with Gasteiger partial charge in [-0.3, -0.25) is 4.79 Å². The zero-order valence-electron chi connectivity index (χ0n) is 32.1. The number of hydrogen-bond donors (Lipinski definition) is 0. The number of carbonyl (C=O) groups excluding carboxylic acids is 1. The molecule has 3 saturated heterocycles. The van der Waals surface area contributed by atoms with Crippen molar-refractivity contribution in [2.75, 3.05) is 35.5 Å². The first kappa shape index (κ1) is 41.6. The second-order valence-electron chi connectivity index (χ2n) is 13.5. The van der Waals surface area contributed by atoms with Crippen LogP contribution in [0.3, 0.4) is 0 Å². The molecule has 0 aromatic heterocycles. The first-order chi connectivity index (χ1) is 25.6. The van der Waals surface area contributed by atoms with Crippen molar-refractivity contribution in [3.8, 4) is 0 Å². The average molecular weight is 749 g/mol. The summed E-state index contributed by atoms with van der Waals surface area (Å²) < 4.78 is 80.8. The van der Waals surface area contributed by atoms with Crippen molar-refractivity contribution in [3.05, 3.63) is 71.8 Å². The molecule has 14 heteroatoms. The van der Waals surface area contributed by atoms with E-state index in [1.165, 1.54) is 14.0 Å². The normalized spacial score (nSPS) is 37.6. The SMILES string of the molecule is CO[C@@H]1O[C@@H](C)[C@H](O[C@@H]2O[C@@H](C)[C@H](OCc3ccccc3)[C@@H](OC)[C@H]2O[C@@H]2O[C@@H](C)[C@H](OCc3ccccc3)[C@@H](OC)[C@H]2OC(C)=O)[C@@H](OC)[C@H]1OC. The lowest BCUT2D eigenvalue weighted by Gasteiger charge is -2.50. The van der Waals surface area contributed by atoms with Gasteiger partial charge in [-0.1, -0.05) is 60.7 Å². The van der Waals surface area contributed by atoms with Gasteiger partial charge in [0.25, 0.3) is 0 Å². The topological polar surface area (TPSA) is 137 Å². The molecule has 0 aliphatic carbocycles. The van der Waals surface area contributed by atoms with E-state index in [0.717, 1.165) is 11.1 Å². The highest BCUT2D eigenvalue weighted by Gasteiger charge is 2.55. The van der Waals surface area contributed by atoms with Crippen LogP contribution in [-0.4, -0.2) is 134 Å². The Morgan fingerprint density at radius 1 is 0.491 bits per heavy atom. The van der Waals surface area contributed by atoms with Gasteiger partial charge < -0.3 is 61.6 Å². The van der Waals surface area contributed by atoms with E-state index in [9.17, 15) is 4.79 Å². The van der Waals surface area contributed by atoms with Gasteiger partial charge in [0, 0.05) is 42.5 Å². The lowest BCUT2D eigenvalue weighted by Crippen LogP contribution is -2.67. The van der Waals surface area contributed by atoms with Crippen LogP contribution in [0.25, 0.3) is 0 Å². The minimum atomic E-state index is -1.15. The van der Waals surface area contributed by atoms with E-state index in [-0.39, 0.29) is 0 Å². The number of ether oxygens (including phenoxy) is 13. The molecule has 296 valence electrons. The van der Waals surface area contributed by atoms with E-state index < -0.39 is 98.1 Å². The van der Waals surface area contributed by atoms with Gasteiger partial charge in [0.2, 0.25) is 0 Å². The van der Waals surface area contributed by atoms with Crippen molar-refractivity contribution in [1.82, 2.24) is 0 Å². The largest absolute Gasteiger partial charge is 0.454 e. The molecule has 15 atom stereocenters. The fourth-order valence-corrected chi connectivity index (χ4v) is 7.33. The fourth-order valence-electron chi connectivity index (χ4n) is 7.33. The van der Waals surface area contributed by atoms with Crippen LogP contribution in [0.1, 0.15) is 38.8 Å². The quantitative estimate of drug-likeness (QED) is 0.230. The summed E-state index contributed by atoms with van der Waals surface area (Å²) in [5, 5.41) is 0. The summed E-state index contributed by atoms with van der Waals surface area (Å²) in [7, 11) is 7.78. The molecule has 0 radical (unpaired) electrons. The monoisotopic (exact) mass is 748 g/mol. The Morgan fingerprint density at radius 2 is 0.887 bits per heavy atom. The van der Waals surface area contributed by atoms with E-state index in [1.54, 1.807) is 28.4 Å². The molecule has 14 nitrogen and oxygen atoms in total. The Morgan fingerprint density at radius 3 is 1.34 bits per heavy atom. The molecule has 2 aromatic carbocycles. The van der Waals surface area contributed by atoms with Crippen LogP contribution < -0.4 is 0 Å². The van der Waals surface area contributed by atoms with Crippen molar-refractivity contribution in [2.45, 2.75) is 133 Å². The standard InChI is InChI=1S/C39H56O14/c1-22-28(46-20-26-16-12-10-13-17-26)31(41-5)35(51-25(4)40)38(49-22)53-36-32(42-6)29(47-21-27-18-14-11-15-19-27)23(2)50-39(36)52-30-24(3)48-37(45-9)34(44-8)33(30)43-7/h10-19,22-24,28-39H,20-21H2,1-9H3/t22-,23-,24-,28-,29-,30-,31+,32+,33+,34+,35+,36+,37+,38-,39-/m0/s1. The Kier molecular flexibility index (Phi) is 15.6. The smallest absolute Gasteiger partial charge is 0.303 e. The predicted molar refractivity (Wildman–Crippen MR) is 189 cm³/mol. The molecule has 3 aliphatic heterocycles. The van der Waals surface area contributed by atoms with Gasteiger partial charge in [0.1, 0.15) is 48.8 Å². The van der Waals surface area contributed by atoms with Crippen LogP contribution in [0.5, 0.6) is 0 Å². The maximum atomic E-state index is 12.6. The summed E-state index contributed by atoms with van der Waals surface area (Å²) in [6.45, 7) is 7.51. The maximum Gasteiger partial charge on any atom is 0.303 e. The predicted octanol–water partition coefficient (Wildman–Crippen LogP) is 3.80. The Labute approximate surface area is 312 Å². The molecule has 3 aliphatic rings. The van der Waals surface area contributed by atoms with Crippen molar-refractivity contribution in [3.63, 3.8) is 0 Å². The van der Waals surface area contributed by atoms with Crippen LogP contribution in [0.15, 0.2) is 60.7 Å². The van der Waals surface area contributed by atoms with Crippen molar-refractivity contribution < 1.29 is 66.4 Å². The minimum Gasteiger partial charge on any atom is -0.454 e. The van der Waals surface area contributed by atoms with Crippen LogP contribution in [0, 0.1) is 0 Å². The third kappa shape index (κ3) is 10.0. The van der Waals surface area contributed by atoms with E-state index in [0.29, 0.717) is 13.2 Å². The highest BCUT2D eigenvalue weighted by molar-refractivity contribution is 5.66. The summed E-state index contributed by atoms with van der Waals surface area (Å²) in [6.07, 6.45) is -11.2. The molecule has 3 fully saturated rings. The third-order valence-corrected chi connectivity index (χ3v) is 9.96. The zero-order chi connectivity index (χ0) is 38.1. The maximum absolute atomic E-state index is 12.6. The molecular formula is C39H56O14. The first-order valence-corrected chi connectivity index (χ1v) is 18.0. The fraction of sp³-hybridized carbons (Fsp3) is 0.667. The number of benzene rings is 2. The highest BCUT2D eigenvalue weighted by Crippen LogP contribution is 2.37. The molecule has 5 rings (SSSR count). The van der Waals surface area contributed by atoms with E-state index in [2.05, 4.69) is 0 Å². The summed E-state index contributed by atoms with van der Waals surface area (Å²) in [5.41, 5.74) is 1.95. The molecule has 0 unspecified atom stereocenters. The van der Waals surface area contributed by atoms with E-state index in [4.69, 9.17) is 61.6 Å². The first-order valence-electron chi connectivity index (χ1n) is 18.0. The number of methoxy groups -OCH3 is 5. The van der Waals surface area contributed by atoms with Crippen LogP contribution in [0.4, 0.5) is 0 Å². The van der Waals surface area contributed by atoms with Gasteiger partial charge in [0.15, 0.2) is 25.0 Å². The molecule has 0 bridgehead atoms. The van der Waals surface area contributed by atoms with E-state index in [1.807, 2.05) is 81.4 Å². The number of hydrogen-bond acceptors (Lipinski definition) is 14. The molecule has 3 heterocycles. The van der Waals surface area contributed by atoms with Gasteiger partial charge in [-0.15, -0.1) is 0 Å². The van der Waals surface area contributed by atoms with Crippen molar-refractivity contribution in [1.29, 1.82) is 0 Å². The van der Waals surface area contributed by atoms with Gasteiger partial charge in [0.05, 0.1) is 31.5 Å². The molecule has 0 N–H and O–H groups in total. The molecule has 0 saturated carbocycles. The summed E-state index contributed by atoms with van der Waals surface area (Å²) in [5.74, 6) is -0.547.